The standard InChI is InChI=1S/C15H16N2O2S/c1-11(17-18)12-6-7-14(19-2)13(9-12)10-20-15-5-3-4-8-16-15/h3-9,18H,10H2,1-2H3. The summed E-state index contributed by atoms with van der Waals surface area (Å²) >= 11 is 1.64. The summed E-state index contributed by atoms with van der Waals surface area (Å²) in [7, 11) is 1.65. The highest BCUT2D eigenvalue weighted by Crippen LogP contribution is 2.28. The van der Waals surface area contributed by atoms with Gasteiger partial charge in [-0.1, -0.05) is 11.2 Å². The van der Waals surface area contributed by atoms with E-state index in [1.54, 1.807) is 32.0 Å². The molecule has 0 aliphatic carbocycles. The van der Waals surface area contributed by atoms with E-state index in [2.05, 4.69) is 10.1 Å². The highest BCUT2D eigenvalue weighted by molar-refractivity contribution is 7.98. The van der Waals surface area contributed by atoms with Crippen LogP contribution in [0.1, 0.15) is 18.1 Å². The molecule has 0 bridgehead atoms. The number of oxime groups is 1. The van der Waals surface area contributed by atoms with E-state index in [1.807, 2.05) is 36.4 Å². The van der Waals surface area contributed by atoms with E-state index in [9.17, 15) is 0 Å². The van der Waals surface area contributed by atoms with Crippen molar-refractivity contribution >= 4 is 17.5 Å². The summed E-state index contributed by atoms with van der Waals surface area (Å²) in [6, 6.07) is 11.6. The van der Waals surface area contributed by atoms with Crippen LogP contribution in [-0.4, -0.2) is 23.0 Å². The van der Waals surface area contributed by atoms with Gasteiger partial charge in [0.05, 0.1) is 17.8 Å². The fourth-order valence-electron chi connectivity index (χ4n) is 1.76. The molecular formula is C15H16N2O2S. The number of benzene rings is 1. The van der Waals surface area contributed by atoms with Crippen molar-refractivity contribution in [3.63, 3.8) is 0 Å². The third-order valence-corrected chi connectivity index (χ3v) is 3.85. The molecule has 0 saturated carbocycles. The quantitative estimate of drug-likeness (QED) is 0.395. The lowest BCUT2D eigenvalue weighted by Crippen LogP contribution is -1.98. The van der Waals surface area contributed by atoms with Crippen molar-refractivity contribution in [2.45, 2.75) is 17.7 Å². The van der Waals surface area contributed by atoms with Gasteiger partial charge in [0, 0.05) is 17.5 Å². The average Bonchev–Trinajstić information content (AvgIpc) is 2.52. The average molecular weight is 288 g/mol. The topological polar surface area (TPSA) is 54.7 Å². The number of hydrogen-bond donors (Lipinski definition) is 1. The minimum atomic E-state index is 0.580. The third-order valence-electron chi connectivity index (χ3n) is 2.86. The van der Waals surface area contributed by atoms with Gasteiger partial charge in [-0.05, 0) is 42.8 Å². The number of nitrogens with zero attached hydrogens (tertiary/aromatic N) is 2. The van der Waals surface area contributed by atoms with Crippen molar-refractivity contribution in [2.24, 2.45) is 5.16 Å². The highest BCUT2D eigenvalue weighted by atomic mass is 32.2. The number of pyridine rings is 1. The van der Waals surface area contributed by atoms with Gasteiger partial charge >= 0.3 is 0 Å². The van der Waals surface area contributed by atoms with Gasteiger partial charge in [-0.15, -0.1) is 11.8 Å². The summed E-state index contributed by atoms with van der Waals surface area (Å²) in [6.45, 7) is 1.76. The monoisotopic (exact) mass is 288 g/mol. The molecule has 0 saturated heterocycles. The van der Waals surface area contributed by atoms with Gasteiger partial charge in [0.15, 0.2) is 0 Å². The Morgan fingerprint density at radius 1 is 1.35 bits per heavy atom. The fraction of sp³-hybridized carbons (Fsp3) is 0.200. The molecule has 0 radical (unpaired) electrons. The minimum absolute atomic E-state index is 0.580. The van der Waals surface area contributed by atoms with Crippen molar-refractivity contribution in [1.82, 2.24) is 4.98 Å². The zero-order chi connectivity index (χ0) is 14.4. The first kappa shape index (κ1) is 14.4. The SMILES string of the molecule is COc1ccc(C(C)=NO)cc1CSc1ccccn1. The lowest BCUT2D eigenvalue weighted by Gasteiger charge is -2.10. The van der Waals surface area contributed by atoms with Crippen molar-refractivity contribution in [2.75, 3.05) is 7.11 Å². The molecule has 4 nitrogen and oxygen atoms in total. The summed E-state index contributed by atoms with van der Waals surface area (Å²) in [5.41, 5.74) is 2.50. The van der Waals surface area contributed by atoms with Crippen LogP contribution in [0, 0.1) is 0 Å². The van der Waals surface area contributed by atoms with Crippen LogP contribution in [0.15, 0.2) is 52.8 Å². The van der Waals surface area contributed by atoms with E-state index in [0.717, 1.165) is 27.7 Å². The Hall–Kier alpha value is -2.01. The van der Waals surface area contributed by atoms with Gasteiger partial charge in [0.1, 0.15) is 5.75 Å². The molecule has 0 spiro atoms. The minimum Gasteiger partial charge on any atom is -0.496 e. The molecule has 0 fully saturated rings. The van der Waals surface area contributed by atoms with E-state index in [1.165, 1.54) is 0 Å². The zero-order valence-electron chi connectivity index (χ0n) is 11.4. The molecule has 0 amide bonds. The number of ether oxygens (including phenoxy) is 1. The van der Waals surface area contributed by atoms with Gasteiger partial charge in [0.2, 0.25) is 0 Å². The molecular weight excluding hydrogens is 272 g/mol. The zero-order valence-corrected chi connectivity index (χ0v) is 12.2. The van der Waals surface area contributed by atoms with Gasteiger partial charge in [-0.25, -0.2) is 4.98 Å². The lowest BCUT2D eigenvalue weighted by molar-refractivity contribution is 0.319. The molecule has 1 aromatic carbocycles. The molecule has 2 aromatic rings. The smallest absolute Gasteiger partial charge is 0.122 e. The van der Waals surface area contributed by atoms with Gasteiger partial charge in [-0.3, -0.25) is 0 Å². The molecule has 104 valence electrons. The molecule has 5 heteroatoms. The van der Waals surface area contributed by atoms with Gasteiger partial charge in [0.25, 0.3) is 0 Å². The Bertz CT molecular complexity index is 600. The maximum Gasteiger partial charge on any atom is 0.122 e. The fourth-order valence-corrected chi connectivity index (χ4v) is 2.60. The van der Waals surface area contributed by atoms with Crippen LogP contribution >= 0.6 is 11.8 Å². The predicted molar refractivity (Wildman–Crippen MR) is 80.8 cm³/mol. The summed E-state index contributed by atoms with van der Waals surface area (Å²) in [5.74, 6) is 1.56. The number of aromatic nitrogens is 1. The van der Waals surface area contributed by atoms with Crippen molar-refractivity contribution in [1.29, 1.82) is 0 Å². The first-order chi connectivity index (χ1) is 9.74. The number of hydrogen-bond acceptors (Lipinski definition) is 5. The predicted octanol–water partition coefficient (Wildman–Crippen LogP) is 3.58. The van der Waals surface area contributed by atoms with Gasteiger partial charge in [-0.2, -0.15) is 0 Å². The van der Waals surface area contributed by atoms with Crippen LogP contribution in [0.2, 0.25) is 0 Å². The van der Waals surface area contributed by atoms with Crippen molar-refractivity contribution in [3.05, 3.63) is 53.7 Å². The molecule has 1 N–H and O–H groups in total. The molecule has 0 aliphatic heterocycles. The maximum absolute atomic E-state index is 8.86. The molecule has 0 unspecified atom stereocenters. The highest BCUT2D eigenvalue weighted by Gasteiger charge is 2.07. The normalized spacial score (nSPS) is 11.4. The van der Waals surface area contributed by atoms with Gasteiger partial charge < -0.3 is 9.94 Å². The van der Waals surface area contributed by atoms with Crippen LogP contribution in [-0.2, 0) is 5.75 Å². The van der Waals surface area contributed by atoms with Crippen LogP contribution in [0.25, 0.3) is 0 Å². The summed E-state index contributed by atoms with van der Waals surface area (Å²) in [4.78, 5) is 4.28. The van der Waals surface area contributed by atoms with E-state index in [4.69, 9.17) is 9.94 Å². The number of thioether (sulfide) groups is 1. The van der Waals surface area contributed by atoms with Crippen molar-refractivity contribution in [3.8, 4) is 5.75 Å². The molecule has 0 aliphatic rings. The Labute approximate surface area is 122 Å². The van der Waals surface area contributed by atoms with E-state index in [-0.39, 0.29) is 0 Å². The Kier molecular flexibility index (Phi) is 5.01. The molecule has 2 rings (SSSR count). The third kappa shape index (κ3) is 3.51. The first-order valence-electron chi connectivity index (χ1n) is 6.14. The largest absolute Gasteiger partial charge is 0.496 e. The Morgan fingerprint density at radius 3 is 2.85 bits per heavy atom. The number of methoxy groups -OCH3 is 1. The molecule has 1 heterocycles. The second-order valence-electron chi connectivity index (χ2n) is 4.17. The van der Waals surface area contributed by atoms with E-state index in [0.29, 0.717) is 5.71 Å². The van der Waals surface area contributed by atoms with Crippen molar-refractivity contribution < 1.29 is 9.94 Å². The summed E-state index contributed by atoms with van der Waals surface area (Å²) in [6.07, 6.45) is 1.78. The second-order valence-corrected chi connectivity index (χ2v) is 5.16. The molecule has 1 aromatic heterocycles. The number of rotatable bonds is 5. The Morgan fingerprint density at radius 2 is 2.20 bits per heavy atom. The van der Waals surface area contributed by atoms with Crippen LogP contribution in [0.5, 0.6) is 5.75 Å². The molecule has 0 atom stereocenters. The summed E-state index contributed by atoms with van der Waals surface area (Å²) in [5, 5.41) is 13.1. The molecule has 20 heavy (non-hydrogen) atoms. The van der Waals surface area contributed by atoms with Crippen LogP contribution in [0.4, 0.5) is 0 Å². The lowest BCUT2D eigenvalue weighted by atomic mass is 10.1. The van der Waals surface area contributed by atoms with E-state index >= 15 is 0 Å². The van der Waals surface area contributed by atoms with E-state index < -0.39 is 0 Å². The van der Waals surface area contributed by atoms with Crippen LogP contribution < -0.4 is 4.74 Å². The Balaban J connectivity index is 2.20. The van der Waals surface area contributed by atoms with Crippen LogP contribution in [0.3, 0.4) is 0 Å². The second kappa shape index (κ2) is 6.96. The summed E-state index contributed by atoms with van der Waals surface area (Å²) < 4.78 is 5.37. The first-order valence-corrected chi connectivity index (χ1v) is 7.13. The maximum atomic E-state index is 8.86.